The lowest BCUT2D eigenvalue weighted by atomic mass is 10.2. The predicted octanol–water partition coefficient (Wildman–Crippen LogP) is 3.21. The molecular formula is C16H15N3O4. The number of nitrogens with one attached hydrogen (secondary N) is 1. The molecule has 0 aliphatic carbocycles. The molecule has 0 unspecified atom stereocenters. The summed E-state index contributed by atoms with van der Waals surface area (Å²) < 4.78 is 15.9. The quantitative estimate of drug-likeness (QED) is 0.795. The fraction of sp³-hybridized carbons (Fsp3) is 0.188. The molecule has 0 saturated carbocycles. The number of aryl methyl sites for hydroxylation is 2. The average Bonchev–Trinajstić information content (AvgIpc) is 3.13. The number of furan rings is 1. The number of rotatable bonds is 4. The summed E-state index contributed by atoms with van der Waals surface area (Å²) in [6.07, 6.45) is 0. The lowest BCUT2D eigenvalue weighted by Gasteiger charge is -2.00. The van der Waals surface area contributed by atoms with Crippen LogP contribution in [-0.2, 0) is 0 Å². The zero-order valence-corrected chi connectivity index (χ0v) is 12.9. The summed E-state index contributed by atoms with van der Waals surface area (Å²) in [6, 6.07) is 8.85. The number of methoxy groups -OCH3 is 1. The maximum atomic E-state index is 12.2. The van der Waals surface area contributed by atoms with Crippen LogP contribution in [0.1, 0.15) is 21.9 Å². The van der Waals surface area contributed by atoms with Gasteiger partial charge in [-0.15, -0.1) is 5.10 Å². The molecule has 1 amide bonds. The van der Waals surface area contributed by atoms with E-state index in [1.54, 1.807) is 51.3 Å². The molecule has 0 aliphatic rings. The number of nitrogens with zero attached hydrogens (tertiary/aromatic N) is 2. The summed E-state index contributed by atoms with van der Waals surface area (Å²) in [7, 11) is 1.59. The van der Waals surface area contributed by atoms with Gasteiger partial charge in [-0.25, -0.2) is 0 Å². The zero-order chi connectivity index (χ0) is 16.4. The first kappa shape index (κ1) is 14.8. The lowest BCUT2D eigenvalue weighted by molar-refractivity contribution is 0.102. The minimum atomic E-state index is -0.357. The molecule has 0 spiro atoms. The van der Waals surface area contributed by atoms with E-state index in [9.17, 15) is 4.79 Å². The van der Waals surface area contributed by atoms with E-state index in [-0.39, 0.29) is 11.9 Å². The van der Waals surface area contributed by atoms with Crippen LogP contribution in [0.2, 0.25) is 0 Å². The minimum absolute atomic E-state index is 0.0269. The van der Waals surface area contributed by atoms with Crippen molar-refractivity contribution >= 4 is 11.9 Å². The summed E-state index contributed by atoms with van der Waals surface area (Å²) in [5, 5.41) is 10.3. The van der Waals surface area contributed by atoms with E-state index in [1.807, 2.05) is 0 Å². The van der Waals surface area contributed by atoms with E-state index in [2.05, 4.69) is 15.5 Å². The van der Waals surface area contributed by atoms with Gasteiger partial charge in [-0.1, -0.05) is 5.10 Å². The Kier molecular flexibility index (Phi) is 3.84. The second-order valence-electron chi connectivity index (χ2n) is 4.92. The van der Waals surface area contributed by atoms with Crippen molar-refractivity contribution in [1.82, 2.24) is 10.2 Å². The standard InChI is InChI=1S/C16H15N3O4/c1-9-8-13(10(2)22-9)14(20)17-16-19-18-15(23-16)11-4-6-12(21-3)7-5-11/h4-8H,1-3H3,(H,17,19,20). The van der Waals surface area contributed by atoms with Gasteiger partial charge >= 0.3 is 6.01 Å². The molecular weight excluding hydrogens is 298 g/mol. The fourth-order valence-corrected chi connectivity index (χ4v) is 2.14. The van der Waals surface area contributed by atoms with E-state index in [1.165, 1.54) is 0 Å². The molecule has 0 atom stereocenters. The molecule has 2 aromatic heterocycles. The first-order valence-electron chi connectivity index (χ1n) is 6.93. The highest BCUT2D eigenvalue weighted by atomic mass is 16.5. The highest BCUT2D eigenvalue weighted by Crippen LogP contribution is 2.23. The summed E-state index contributed by atoms with van der Waals surface area (Å²) in [6.45, 7) is 3.50. The van der Waals surface area contributed by atoms with Crippen LogP contribution in [0.15, 0.2) is 39.2 Å². The summed E-state index contributed by atoms with van der Waals surface area (Å²) in [5.41, 5.74) is 1.17. The smallest absolute Gasteiger partial charge is 0.322 e. The monoisotopic (exact) mass is 313 g/mol. The highest BCUT2D eigenvalue weighted by molar-refractivity contribution is 6.03. The molecule has 0 aliphatic heterocycles. The van der Waals surface area contributed by atoms with Gasteiger partial charge in [0.1, 0.15) is 17.3 Å². The van der Waals surface area contributed by atoms with Crippen molar-refractivity contribution in [3.05, 3.63) is 47.4 Å². The molecule has 3 rings (SSSR count). The van der Waals surface area contributed by atoms with E-state index in [0.29, 0.717) is 23.0 Å². The Morgan fingerprint density at radius 2 is 1.87 bits per heavy atom. The molecule has 0 saturated heterocycles. The molecule has 7 nitrogen and oxygen atoms in total. The lowest BCUT2D eigenvalue weighted by Crippen LogP contribution is -2.12. The van der Waals surface area contributed by atoms with Crippen molar-refractivity contribution in [3.8, 4) is 17.2 Å². The van der Waals surface area contributed by atoms with E-state index >= 15 is 0 Å². The molecule has 0 fully saturated rings. The predicted molar refractivity (Wildman–Crippen MR) is 82.4 cm³/mol. The number of hydrogen-bond donors (Lipinski definition) is 1. The van der Waals surface area contributed by atoms with Gasteiger partial charge in [-0.3, -0.25) is 10.1 Å². The number of benzene rings is 1. The molecule has 0 bridgehead atoms. The van der Waals surface area contributed by atoms with Gasteiger partial charge in [-0.05, 0) is 44.2 Å². The van der Waals surface area contributed by atoms with E-state index in [4.69, 9.17) is 13.6 Å². The number of anilines is 1. The third-order valence-corrected chi connectivity index (χ3v) is 3.27. The Bertz CT molecular complexity index is 833. The second-order valence-corrected chi connectivity index (χ2v) is 4.92. The van der Waals surface area contributed by atoms with Crippen LogP contribution in [0.3, 0.4) is 0 Å². The highest BCUT2D eigenvalue weighted by Gasteiger charge is 2.17. The van der Waals surface area contributed by atoms with Crippen LogP contribution in [0.4, 0.5) is 6.01 Å². The largest absolute Gasteiger partial charge is 0.497 e. The first-order valence-corrected chi connectivity index (χ1v) is 6.93. The fourth-order valence-electron chi connectivity index (χ4n) is 2.14. The van der Waals surface area contributed by atoms with Crippen molar-refractivity contribution in [1.29, 1.82) is 0 Å². The Hall–Kier alpha value is -3.09. The first-order chi connectivity index (χ1) is 11.1. The molecule has 1 aromatic carbocycles. The van der Waals surface area contributed by atoms with E-state index < -0.39 is 0 Å². The minimum Gasteiger partial charge on any atom is -0.497 e. The number of amides is 1. The maximum Gasteiger partial charge on any atom is 0.322 e. The van der Waals surface area contributed by atoms with Crippen molar-refractivity contribution in [2.45, 2.75) is 13.8 Å². The van der Waals surface area contributed by atoms with Crippen LogP contribution in [0.5, 0.6) is 5.75 Å². The van der Waals surface area contributed by atoms with Gasteiger partial charge in [0, 0.05) is 5.56 Å². The summed E-state index contributed by atoms with van der Waals surface area (Å²) in [4.78, 5) is 12.2. The molecule has 1 N–H and O–H groups in total. The van der Waals surface area contributed by atoms with Gasteiger partial charge in [0.2, 0.25) is 5.89 Å². The molecule has 7 heteroatoms. The Labute approximate surface area is 132 Å². The molecule has 3 aromatic rings. The van der Waals surface area contributed by atoms with Crippen molar-refractivity contribution < 1.29 is 18.4 Å². The Morgan fingerprint density at radius 3 is 2.48 bits per heavy atom. The second kappa shape index (κ2) is 5.96. The maximum absolute atomic E-state index is 12.2. The number of carbonyl (C=O) groups excluding carboxylic acids is 1. The van der Waals surface area contributed by atoms with Crippen LogP contribution in [-0.4, -0.2) is 23.2 Å². The van der Waals surface area contributed by atoms with Gasteiger partial charge in [0.25, 0.3) is 5.91 Å². The number of carbonyl (C=O) groups is 1. The molecule has 0 radical (unpaired) electrons. The van der Waals surface area contributed by atoms with Gasteiger partial charge in [0.05, 0.1) is 12.7 Å². The van der Waals surface area contributed by atoms with Crippen LogP contribution in [0, 0.1) is 13.8 Å². The van der Waals surface area contributed by atoms with Gasteiger partial charge in [-0.2, -0.15) is 0 Å². The molecule has 2 heterocycles. The number of ether oxygens (including phenoxy) is 1. The summed E-state index contributed by atoms with van der Waals surface area (Å²) in [5.74, 6) is 1.88. The van der Waals surface area contributed by atoms with Crippen LogP contribution < -0.4 is 10.1 Å². The average molecular weight is 313 g/mol. The van der Waals surface area contributed by atoms with Crippen molar-refractivity contribution in [2.24, 2.45) is 0 Å². The topological polar surface area (TPSA) is 90.4 Å². The summed E-state index contributed by atoms with van der Waals surface area (Å²) >= 11 is 0. The SMILES string of the molecule is COc1ccc(-c2nnc(NC(=O)c3cc(C)oc3C)o2)cc1. The van der Waals surface area contributed by atoms with Gasteiger partial charge in [0.15, 0.2) is 0 Å². The molecule has 118 valence electrons. The Morgan fingerprint density at radius 1 is 1.13 bits per heavy atom. The number of aromatic nitrogens is 2. The van der Waals surface area contributed by atoms with Crippen LogP contribution in [0.25, 0.3) is 11.5 Å². The van der Waals surface area contributed by atoms with Crippen molar-refractivity contribution in [3.63, 3.8) is 0 Å². The zero-order valence-electron chi connectivity index (χ0n) is 12.9. The molecule has 23 heavy (non-hydrogen) atoms. The van der Waals surface area contributed by atoms with E-state index in [0.717, 1.165) is 11.3 Å². The van der Waals surface area contributed by atoms with Gasteiger partial charge < -0.3 is 13.6 Å². The van der Waals surface area contributed by atoms with Crippen molar-refractivity contribution in [2.75, 3.05) is 12.4 Å². The third-order valence-electron chi connectivity index (χ3n) is 3.27. The number of hydrogen-bond acceptors (Lipinski definition) is 6. The Balaban J connectivity index is 1.76. The normalized spacial score (nSPS) is 10.6. The third kappa shape index (κ3) is 3.08. The van der Waals surface area contributed by atoms with Crippen LogP contribution >= 0.6 is 0 Å².